The number of nitrogens with zero attached hydrogens (tertiary/aromatic N) is 4. The Morgan fingerprint density at radius 2 is 2.10 bits per heavy atom. The third-order valence-corrected chi connectivity index (χ3v) is 5.61. The molecule has 0 atom stereocenters. The van der Waals surface area contributed by atoms with Crippen molar-refractivity contribution in [1.82, 2.24) is 4.98 Å². The molecule has 1 aromatic rings. The molecule has 1 aliphatic heterocycles. The maximum absolute atomic E-state index is 12.9. The van der Waals surface area contributed by atoms with Crippen LogP contribution in [0.4, 0.5) is 5.82 Å². The van der Waals surface area contributed by atoms with Crippen LogP contribution in [0.5, 0.6) is 0 Å². The standard InChI is InChI=1S/C22H27N5O3/c1-15-3-7-17(8-6-16-4-5-16)25-20(15)27(2)21(28)18(26-23)11-24-12-19-29-13-22(9-10-22)14-30-19/h3,7,11,16,19H,4-5,9-10,12-14,23H2,1-2H3/b24-11?,26-18+. The number of aliphatic imine (C=N–C) groups is 1. The first-order valence-corrected chi connectivity index (χ1v) is 10.3. The first kappa shape index (κ1) is 20.5. The second-order valence-electron chi connectivity index (χ2n) is 8.30. The Morgan fingerprint density at radius 3 is 2.73 bits per heavy atom. The lowest BCUT2D eigenvalue weighted by atomic mass is 10.1. The van der Waals surface area contributed by atoms with E-state index in [0.717, 1.165) is 31.2 Å². The van der Waals surface area contributed by atoms with Crippen molar-refractivity contribution in [1.29, 1.82) is 0 Å². The summed E-state index contributed by atoms with van der Waals surface area (Å²) in [5, 5.41) is 3.61. The number of aryl methyl sites for hydroxylation is 1. The number of nitrogens with two attached hydrogens (primary N) is 1. The lowest BCUT2D eigenvalue weighted by Crippen LogP contribution is -2.37. The van der Waals surface area contributed by atoms with Gasteiger partial charge in [0.2, 0.25) is 0 Å². The lowest BCUT2D eigenvalue weighted by Gasteiger charge is -2.28. The normalized spacial score (nSPS) is 20.8. The van der Waals surface area contributed by atoms with E-state index in [1.54, 1.807) is 7.05 Å². The van der Waals surface area contributed by atoms with E-state index in [9.17, 15) is 4.79 Å². The van der Waals surface area contributed by atoms with Crippen LogP contribution in [0, 0.1) is 30.1 Å². The van der Waals surface area contributed by atoms with Gasteiger partial charge in [0.1, 0.15) is 11.5 Å². The average molecular weight is 409 g/mol. The molecule has 30 heavy (non-hydrogen) atoms. The van der Waals surface area contributed by atoms with Gasteiger partial charge in [0.15, 0.2) is 12.0 Å². The van der Waals surface area contributed by atoms with Crippen molar-refractivity contribution in [3.05, 3.63) is 23.4 Å². The summed E-state index contributed by atoms with van der Waals surface area (Å²) in [6.07, 6.45) is 5.59. The summed E-state index contributed by atoms with van der Waals surface area (Å²) in [7, 11) is 1.64. The summed E-state index contributed by atoms with van der Waals surface area (Å²) in [6, 6.07) is 3.77. The molecule has 4 rings (SSSR count). The first-order valence-electron chi connectivity index (χ1n) is 10.3. The molecule has 2 heterocycles. The minimum Gasteiger partial charge on any atom is -0.350 e. The number of hydrogen-bond donors (Lipinski definition) is 1. The minimum absolute atomic E-state index is 0.0302. The molecule has 1 amide bonds. The summed E-state index contributed by atoms with van der Waals surface area (Å²) < 4.78 is 11.4. The van der Waals surface area contributed by atoms with Gasteiger partial charge in [-0.3, -0.25) is 14.7 Å². The molecule has 0 bridgehead atoms. The summed E-state index contributed by atoms with van der Waals surface area (Å²) in [5.74, 6) is 12.3. The molecule has 158 valence electrons. The third kappa shape index (κ3) is 4.86. The number of carbonyl (C=O) groups is 1. The number of aromatic nitrogens is 1. The van der Waals surface area contributed by atoms with E-state index in [2.05, 4.69) is 26.9 Å². The van der Waals surface area contributed by atoms with Crippen LogP contribution in [0.3, 0.4) is 0 Å². The molecule has 2 N–H and O–H groups in total. The van der Waals surface area contributed by atoms with E-state index >= 15 is 0 Å². The maximum Gasteiger partial charge on any atom is 0.281 e. The highest BCUT2D eigenvalue weighted by atomic mass is 16.7. The van der Waals surface area contributed by atoms with Crippen molar-refractivity contribution in [2.24, 2.45) is 27.3 Å². The smallest absolute Gasteiger partial charge is 0.281 e. The first-order chi connectivity index (χ1) is 14.5. The Balaban J connectivity index is 1.38. The zero-order valence-corrected chi connectivity index (χ0v) is 17.4. The van der Waals surface area contributed by atoms with Crippen molar-refractivity contribution in [2.45, 2.75) is 38.9 Å². The molecule has 8 nitrogen and oxygen atoms in total. The highest BCUT2D eigenvalue weighted by Gasteiger charge is 2.46. The largest absolute Gasteiger partial charge is 0.350 e. The fraction of sp³-hybridized carbons (Fsp3) is 0.545. The molecule has 1 saturated heterocycles. The van der Waals surface area contributed by atoms with Gasteiger partial charge in [0.05, 0.1) is 26.0 Å². The summed E-state index contributed by atoms with van der Waals surface area (Å²) in [6.45, 7) is 3.59. The van der Waals surface area contributed by atoms with Gasteiger partial charge in [-0.1, -0.05) is 12.0 Å². The Labute approximate surface area is 176 Å². The van der Waals surface area contributed by atoms with Crippen LogP contribution in [0.15, 0.2) is 22.2 Å². The number of ether oxygens (including phenoxy) is 2. The van der Waals surface area contributed by atoms with Crippen LogP contribution in [-0.2, 0) is 14.3 Å². The van der Waals surface area contributed by atoms with Gasteiger partial charge in [0, 0.05) is 18.4 Å². The quantitative estimate of drug-likeness (QED) is 0.345. The van der Waals surface area contributed by atoms with Crippen molar-refractivity contribution in [3.63, 3.8) is 0 Å². The molecule has 0 unspecified atom stereocenters. The fourth-order valence-electron chi connectivity index (χ4n) is 3.17. The molecular weight excluding hydrogens is 382 g/mol. The van der Waals surface area contributed by atoms with Crippen molar-refractivity contribution in [3.8, 4) is 11.8 Å². The van der Waals surface area contributed by atoms with Gasteiger partial charge < -0.3 is 15.3 Å². The molecule has 3 aliphatic rings. The third-order valence-electron chi connectivity index (χ3n) is 5.61. The average Bonchev–Trinajstić information content (AvgIpc) is 3.69. The number of carbonyl (C=O) groups excluding carboxylic acids is 1. The molecule has 8 heteroatoms. The second-order valence-corrected chi connectivity index (χ2v) is 8.30. The Hall–Kier alpha value is -2.76. The number of amides is 1. The Bertz CT molecular complexity index is 928. The van der Waals surface area contributed by atoms with E-state index < -0.39 is 12.2 Å². The van der Waals surface area contributed by atoms with E-state index in [4.69, 9.17) is 15.3 Å². The molecule has 2 aliphatic carbocycles. The molecule has 3 fully saturated rings. The van der Waals surface area contributed by atoms with Gasteiger partial charge >= 0.3 is 0 Å². The monoisotopic (exact) mass is 409 g/mol. The van der Waals surface area contributed by atoms with Crippen LogP contribution in [-0.4, -0.2) is 55.9 Å². The zero-order valence-electron chi connectivity index (χ0n) is 17.4. The predicted octanol–water partition coefficient (Wildman–Crippen LogP) is 1.65. The fourth-order valence-corrected chi connectivity index (χ4v) is 3.17. The number of pyridine rings is 1. The summed E-state index contributed by atoms with van der Waals surface area (Å²) in [4.78, 5) is 23.1. The predicted molar refractivity (Wildman–Crippen MR) is 114 cm³/mol. The van der Waals surface area contributed by atoms with Gasteiger partial charge in [0.25, 0.3) is 5.91 Å². The molecule has 1 spiro atoms. The minimum atomic E-state index is -0.398. The molecule has 2 saturated carbocycles. The summed E-state index contributed by atoms with van der Waals surface area (Å²) >= 11 is 0. The van der Waals surface area contributed by atoms with E-state index in [-0.39, 0.29) is 17.7 Å². The van der Waals surface area contributed by atoms with Crippen LogP contribution in [0.2, 0.25) is 0 Å². The molecule has 0 aromatic carbocycles. The highest BCUT2D eigenvalue weighted by Crippen LogP contribution is 2.48. The molecular formula is C22H27N5O3. The van der Waals surface area contributed by atoms with E-state index in [1.165, 1.54) is 11.1 Å². The second kappa shape index (κ2) is 8.54. The van der Waals surface area contributed by atoms with Crippen LogP contribution in [0.1, 0.15) is 36.9 Å². The summed E-state index contributed by atoms with van der Waals surface area (Å²) in [5.41, 5.74) is 1.77. The highest BCUT2D eigenvalue weighted by molar-refractivity contribution is 6.63. The van der Waals surface area contributed by atoms with Gasteiger partial charge in [-0.2, -0.15) is 5.10 Å². The van der Waals surface area contributed by atoms with Gasteiger partial charge in [-0.05, 0) is 50.2 Å². The van der Waals surface area contributed by atoms with Crippen molar-refractivity contribution in [2.75, 3.05) is 31.7 Å². The van der Waals surface area contributed by atoms with Gasteiger partial charge in [-0.15, -0.1) is 0 Å². The van der Waals surface area contributed by atoms with Crippen LogP contribution >= 0.6 is 0 Å². The topological polar surface area (TPSA) is 102 Å². The van der Waals surface area contributed by atoms with Crippen molar-refractivity contribution < 1.29 is 14.3 Å². The van der Waals surface area contributed by atoms with Crippen molar-refractivity contribution >= 4 is 23.7 Å². The van der Waals surface area contributed by atoms with Crippen LogP contribution in [0.25, 0.3) is 0 Å². The Morgan fingerprint density at radius 1 is 1.37 bits per heavy atom. The maximum atomic E-state index is 12.9. The number of hydrogen-bond acceptors (Lipinski definition) is 7. The number of hydrazone groups is 1. The number of rotatable bonds is 5. The van der Waals surface area contributed by atoms with Gasteiger partial charge in [-0.25, -0.2) is 4.98 Å². The van der Waals surface area contributed by atoms with E-state index in [0.29, 0.717) is 30.6 Å². The molecule has 0 radical (unpaired) electrons. The van der Waals surface area contributed by atoms with E-state index in [1.807, 2.05) is 19.1 Å². The van der Waals surface area contributed by atoms with Crippen LogP contribution < -0.4 is 10.7 Å². The lowest BCUT2D eigenvalue weighted by molar-refractivity contribution is -0.201. The molecule has 1 aromatic heterocycles. The zero-order chi connectivity index (χ0) is 21.1. The SMILES string of the molecule is Cc1ccc(C#CC2CC2)nc1N(C)C(=O)/C(C=NCC1OCC2(CC2)CO1)=N/N. The number of anilines is 1. The Kier molecular flexibility index (Phi) is 5.84.